The lowest BCUT2D eigenvalue weighted by Gasteiger charge is -2.39. The van der Waals surface area contributed by atoms with Gasteiger partial charge in [0.1, 0.15) is 12.1 Å². The fourth-order valence-electron chi connectivity index (χ4n) is 3.10. The van der Waals surface area contributed by atoms with Gasteiger partial charge in [-0.05, 0) is 30.4 Å². The van der Waals surface area contributed by atoms with E-state index in [1.54, 1.807) is 35.4 Å². The van der Waals surface area contributed by atoms with Gasteiger partial charge in [-0.15, -0.1) is 0 Å². The fraction of sp³-hybridized carbons (Fsp3) is 0.471. The van der Waals surface area contributed by atoms with Crippen LogP contribution in [-0.4, -0.2) is 26.5 Å². The highest BCUT2D eigenvalue weighted by Gasteiger charge is 2.33. The third-order valence-corrected chi connectivity index (χ3v) is 4.59. The number of pyridine rings is 1. The molecule has 0 aliphatic heterocycles. The van der Waals surface area contributed by atoms with Crippen LogP contribution in [0, 0.1) is 5.41 Å². The maximum atomic E-state index is 12.6. The number of nitrogens with zero attached hydrogens (tertiary/aromatic N) is 3. The molecule has 1 fully saturated rings. The zero-order valence-corrected chi connectivity index (χ0v) is 13.1. The normalized spacial score (nSPS) is 20.5. The van der Waals surface area contributed by atoms with Gasteiger partial charge in [-0.3, -0.25) is 9.36 Å². The zero-order chi connectivity index (χ0) is 15.6. The maximum Gasteiger partial charge on any atom is 0.251 e. The second-order valence-electron chi connectivity index (χ2n) is 6.63. The second-order valence-corrected chi connectivity index (χ2v) is 6.63. The number of carbonyl (C=O) groups is 1. The van der Waals surface area contributed by atoms with E-state index < -0.39 is 0 Å². The number of hydrogen-bond donors (Lipinski definition) is 1. The molecule has 2 aromatic rings. The van der Waals surface area contributed by atoms with Crippen molar-refractivity contribution in [2.75, 3.05) is 0 Å². The molecule has 0 aromatic carbocycles. The van der Waals surface area contributed by atoms with Gasteiger partial charge < -0.3 is 5.32 Å². The Morgan fingerprint density at radius 3 is 2.95 bits per heavy atom. The molecule has 0 spiro atoms. The third kappa shape index (κ3) is 3.03. The van der Waals surface area contributed by atoms with Crippen LogP contribution >= 0.6 is 0 Å². The molecule has 3 rings (SSSR count). The van der Waals surface area contributed by atoms with Gasteiger partial charge >= 0.3 is 0 Å². The van der Waals surface area contributed by atoms with E-state index in [0.29, 0.717) is 11.4 Å². The Bertz CT molecular complexity index is 648. The Balaban J connectivity index is 1.76. The minimum atomic E-state index is -0.0243. The van der Waals surface area contributed by atoms with Gasteiger partial charge in [-0.1, -0.05) is 26.7 Å². The Labute approximate surface area is 130 Å². The van der Waals surface area contributed by atoms with Crippen LogP contribution in [0.25, 0.3) is 5.82 Å². The Hall–Kier alpha value is -2.17. The molecule has 0 bridgehead atoms. The molecular formula is C17H22N4O. The quantitative estimate of drug-likeness (QED) is 0.947. The van der Waals surface area contributed by atoms with Crippen molar-refractivity contribution < 1.29 is 4.79 Å². The van der Waals surface area contributed by atoms with Gasteiger partial charge in [0.25, 0.3) is 5.91 Å². The van der Waals surface area contributed by atoms with Crippen molar-refractivity contribution in [2.45, 2.75) is 45.6 Å². The van der Waals surface area contributed by atoms with E-state index in [9.17, 15) is 4.79 Å². The van der Waals surface area contributed by atoms with Crippen LogP contribution in [0.3, 0.4) is 0 Å². The van der Waals surface area contributed by atoms with Crippen LogP contribution in [0.5, 0.6) is 0 Å². The first kappa shape index (κ1) is 14.8. The monoisotopic (exact) mass is 298 g/mol. The highest BCUT2D eigenvalue weighted by molar-refractivity contribution is 5.94. The second kappa shape index (κ2) is 5.91. The molecule has 1 unspecified atom stereocenters. The summed E-state index contributed by atoms with van der Waals surface area (Å²) in [4.78, 5) is 20.8. The first-order valence-corrected chi connectivity index (χ1v) is 7.81. The number of amides is 1. The van der Waals surface area contributed by atoms with Crippen molar-refractivity contribution in [3.05, 3.63) is 42.6 Å². The number of nitrogens with one attached hydrogen (secondary N) is 1. The first-order valence-electron chi connectivity index (χ1n) is 7.81. The predicted molar refractivity (Wildman–Crippen MR) is 84.9 cm³/mol. The van der Waals surface area contributed by atoms with Crippen LogP contribution in [-0.2, 0) is 0 Å². The lowest BCUT2D eigenvalue weighted by Crippen LogP contribution is -2.46. The summed E-state index contributed by atoms with van der Waals surface area (Å²) in [6.07, 6.45) is 11.5. The van der Waals surface area contributed by atoms with Crippen molar-refractivity contribution in [2.24, 2.45) is 5.41 Å². The minimum absolute atomic E-state index is 0.0243. The lowest BCUT2D eigenvalue weighted by molar-refractivity contribution is 0.0853. The molecule has 1 atom stereocenters. The molecule has 5 nitrogen and oxygen atoms in total. The van der Waals surface area contributed by atoms with E-state index in [2.05, 4.69) is 29.1 Å². The molecule has 22 heavy (non-hydrogen) atoms. The summed E-state index contributed by atoms with van der Waals surface area (Å²) in [5, 5.41) is 3.21. The zero-order valence-electron chi connectivity index (χ0n) is 13.1. The summed E-state index contributed by atoms with van der Waals surface area (Å²) in [5.41, 5.74) is 0.800. The van der Waals surface area contributed by atoms with Gasteiger partial charge in [0.2, 0.25) is 0 Å². The first-order chi connectivity index (χ1) is 10.6. The molecule has 0 radical (unpaired) electrons. The summed E-state index contributed by atoms with van der Waals surface area (Å²) in [5.74, 6) is 0.678. The molecule has 1 saturated carbocycles. The maximum absolute atomic E-state index is 12.6. The molecule has 0 saturated heterocycles. The molecule has 1 N–H and O–H groups in total. The molecule has 116 valence electrons. The van der Waals surface area contributed by atoms with Crippen LogP contribution in [0.4, 0.5) is 0 Å². The molecule has 2 aromatic heterocycles. The molecule has 1 aliphatic rings. The van der Waals surface area contributed by atoms with Crippen LogP contribution in [0.2, 0.25) is 0 Å². The van der Waals surface area contributed by atoms with Crippen molar-refractivity contribution in [3.8, 4) is 5.82 Å². The summed E-state index contributed by atoms with van der Waals surface area (Å²) in [6, 6.07) is 3.79. The number of hydrogen-bond acceptors (Lipinski definition) is 3. The largest absolute Gasteiger partial charge is 0.349 e. The summed E-state index contributed by atoms with van der Waals surface area (Å²) < 4.78 is 1.79. The number of rotatable bonds is 3. The van der Waals surface area contributed by atoms with Gasteiger partial charge in [-0.2, -0.15) is 0 Å². The van der Waals surface area contributed by atoms with Gasteiger partial charge in [0, 0.05) is 30.2 Å². The van der Waals surface area contributed by atoms with E-state index >= 15 is 0 Å². The van der Waals surface area contributed by atoms with Gasteiger partial charge in [-0.25, -0.2) is 9.97 Å². The summed E-state index contributed by atoms with van der Waals surface area (Å²) >= 11 is 0. The summed E-state index contributed by atoms with van der Waals surface area (Å²) in [7, 11) is 0. The molecule has 1 amide bonds. The van der Waals surface area contributed by atoms with E-state index in [-0.39, 0.29) is 17.4 Å². The van der Waals surface area contributed by atoms with Gasteiger partial charge in [0.05, 0.1) is 0 Å². The van der Waals surface area contributed by atoms with E-state index in [1.165, 1.54) is 12.8 Å². The highest BCUT2D eigenvalue weighted by atomic mass is 16.1. The molecule has 5 heteroatoms. The standard InChI is InChI=1S/C17H22N4O/c1-17(2)7-4-3-5-14(17)20-16(22)13-6-8-19-15(11-13)21-10-9-18-12-21/h6,8-12,14H,3-5,7H2,1-2H3,(H,20,22). The van der Waals surface area contributed by atoms with Crippen molar-refractivity contribution >= 4 is 5.91 Å². The SMILES string of the molecule is CC1(C)CCCCC1NC(=O)c1ccnc(-n2ccnc2)c1. The minimum Gasteiger partial charge on any atom is -0.349 e. The average Bonchev–Trinajstić information content (AvgIpc) is 3.04. The van der Waals surface area contributed by atoms with Crippen molar-refractivity contribution in [3.63, 3.8) is 0 Å². The third-order valence-electron chi connectivity index (χ3n) is 4.59. The van der Waals surface area contributed by atoms with Crippen LogP contribution in [0.15, 0.2) is 37.1 Å². The van der Waals surface area contributed by atoms with Gasteiger partial charge in [0.15, 0.2) is 0 Å². The Morgan fingerprint density at radius 1 is 1.36 bits per heavy atom. The Kier molecular flexibility index (Phi) is 3.96. The predicted octanol–water partition coefficient (Wildman–Crippen LogP) is 2.97. The van der Waals surface area contributed by atoms with E-state index in [4.69, 9.17) is 0 Å². The number of imidazole rings is 1. The fourth-order valence-corrected chi connectivity index (χ4v) is 3.10. The molecule has 2 heterocycles. The molecule has 1 aliphatic carbocycles. The van der Waals surface area contributed by atoms with Crippen molar-refractivity contribution in [1.82, 2.24) is 19.9 Å². The van der Waals surface area contributed by atoms with E-state index in [0.717, 1.165) is 12.8 Å². The number of aromatic nitrogens is 3. The average molecular weight is 298 g/mol. The lowest BCUT2D eigenvalue weighted by atomic mass is 9.73. The van der Waals surface area contributed by atoms with Crippen molar-refractivity contribution in [1.29, 1.82) is 0 Å². The highest BCUT2D eigenvalue weighted by Crippen LogP contribution is 2.35. The molecular weight excluding hydrogens is 276 g/mol. The summed E-state index contributed by atoms with van der Waals surface area (Å²) in [6.45, 7) is 4.47. The van der Waals surface area contributed by atoms with Crippen LogP contribution < -0.4 is 5.32 Å². The Morgan fingerprint density at radius 2 is 2.23 bits per heavy atom. The smallest absolute Gasteiger partial charge is 0.251 e. The van der Waals surface area contributed by atoms with Crippen LogP contribution in [0.1, 0.15) is 49.9 Å². The topological polar surface area (TPSA) is 59.8 Å². The van der Waals surface area contributed by atoms with E-state index in [1.807, 2.05) is 6.20 Å². The number of carbonyl (C=O) groups excluding carboxylic acids is 1.